The SMILES string of the molecule is Cc1ccc(-c2cc(-c3cc(-c4ccnc(Cl)c4)n[nH]3)ccn2)cc1. The summed E-state index contributed by atoms with van der Waals surface area (Å²) in [7, 11) is 0. The van der Waals surface area contributed by atoms with Gasteiger partial charge in [-0.2, -0.15) is 5.10 Å². The average molecular weight is 347 g/mol. The number of aromatic nitrogens is 4. The maximum absolute atomic E-state index is 5.96. The van der Waals surface area contributed by atoms with Gasteiger partial charge >= 0.3 is 0 Å². The Bertz CT molecular complexity index is 1020. The predicted octanol–water partition coefficient (Wildman–Crippen LogP) is 5.16. The molecule has 0 spiro atoms. The van der Waals surface area contributed by atoms with Crippen LogP contribution in [-0.2, 0) is 0 Å². The molecule has 1 N–H and O–H groups in total. The second-order valence-electron chi connectivity index (χ2n) is 5.83. The first-order valence-electron chi connectivity index (χ1n) is 7.90. The van der Waals surface area contributed by atoms with Gasteiger partial charge in [-0.15, -0.1) is 0 Å². The number of aryl methyl sites for hydroxylation is 1. The molecule has 3 aromatic heterocycles. The minimum atomic E-state index is 0.451. The number of nitrogens with one attached hydrogen (secondary N) is 1. The van der Waals surface area contributed by atoms with Gasteiger partial charge in [-0.1, -0.05) is 41.4 Å². The second kappa shape index (κ2) is 6.49. The van der Waals surface area contributed by atoms with Crippen molar-refractivity contribution in [1.29, 1.82) is 0 Å². The lowest BCUT2D eigenvalue weighted by Crippen LogP contribution is -1.86. The number of pyridine rings is 2. The van der Waals surface area contributed by atoms with E-state index in [0.717, 1.165) is 33.8 Å². The van der Waals surface area contributed by atoms with E-state index in [2.05, 4.69) is 57.4 Å². The van der Waals surface area contributed by atoms with Crippen LogP contribution in [0.1, 0.15) is 5.56 Å². The van der Waals surface area contributed by atoms with Gasteiger partial charge in [0.25, 0.3) is 0 Å². The van der Waals surface area contributed by atoms with Crippen molar-refractivity contribution in [2.24, 2.45) is 0 Å². The standard InChI is InChI=1S/C20H15ClN4/c1-13-2-4-14(5-3-13)17-10-15(6-8-22-17)18-12-19(25-24-18)16-7-9-23-20(21)11-16/h2-12H,1H3,(H,24,25). The van der Waals surface area contributed by atoms with Crippen LogP contribution in [0.25, 0.3) is 33.8 Å². The van der Waals surface area contributed by atoms with Crippen LogP contribution in [0.3, 0.4) is 0 Å². The normalized spacial score (nSPS) is 10.8. The summed E-state index contributed by atoms with van der Waals surface area (Å²) in [6.45, 7) is 2.07. The van der Waals surface area contributed by atoms with Gasteiger partial charge in [0.1, 0.15) is 5.15 Å². The number of nitrogens with zero attached hydrogens (tertiary/aromatic N) is 3. The third-order valence-electron chi connectivity index (χ3n) is 4.02. The molecule has 122 valence electrons. The molecule has 0 saturated heterocycles. The van der Waals surface area contributed by atoms with E-state index < -0.39 is 0 Å². The van der Waals surface area contributed by atoms with Crippen LogP contribution < -0.4 is 0 Å². The number of H-pyrrole nitrogens is 1. The van der Waals surface area contributed by atoms with Gasteiger partial charge in [-0.05, 0) is 37.3 Å². The molecule has 4 rings (SSSR count). The summed E-state index contributed by atoms with van der Waals surface area (Å²) >= 11 is 5.96. The molecule has 0 amide bonds. The van der Waals surface area contributed by atoms with E-state index in [1.165, 1.54) is 5.56 Å². The van der Waals surface area contributed by atoms with Crippen LogP contribution in [0.5, 0.6) is 0 Å². The van der Waals surface area contributed by atoms with E-state index in [4.69, 9.17) is 11.6 Å². The van der Waals surface area contributed by atoms with Gasteiger partial charge in [0.05, 0.1) is 17.1 Å². The summed E-state index contributed by atoms with van der Waals surface area (Å²) in [6.07, 6.45) is 3.49. The highest BCUT2D eigenvalue weighted by Crippen LogP contribution is 2.27. The minimum absolute atomic E-state index is 0.451. The number of aromatic amines is 1. The fourth-order valence-corrected chi connectivity index (χ4v) is 2.83. The summed E-state index contributed by atoms with van der Waals surface area (Å²) in [5.74, 6) is 0. The maximum atomic E-state index is 5.96. The summed E-state index contributed by atoms with van der Waals surface area (Å²) in [5, 5.41) is 7.92. The zero-order valence-electron chi connectivity index (χ0n) is 13.6. The predicted molar refractivity (Wildman–Crippen MR) is 100 cm³/mol. The van der Waals surface area contributed by atoms with E-state index in [1.807, 2.05) is 24.4 Å². The monoisotopic (exact) mass is 346 g/mol. The van der Waals surface area contributed by atoms with Crippen molar-refractivity contribution in [2.45, 2.75) is 6.92 Å². The molecule has 4 aromatic rings. The zero-order valence-corrected chi connectivity index (χ0v) is 14.3. The van der Waals surface area contributed by atoms with Crippen LogP contribution in [0.2, 0.25) is 5.15 Å². The molecule has 3 heterocycles. The summed E-state index contributed by atoms with van der Waals surface area (Å²) in [6, 6.07) is 18.0. The molecule has 0 aliphatic rings. The molecule has 25 heavy (non-hydrogen) atoms. The van der Waals surface area contributed by atoms with Gasteiger partial charge < -0.3 is 0 Å². The highest BCUT2D eigenvalue weighted by Gasteiger charge is 2.08. The number of benzene rings is 1. The fraction of sp³-hybridized carbons (Fsp3) is 0.0500. The molecule has 0 atom stereocenters. The lowest BCUT2D eigenvalue weighted by atomic mass is 10.1. The Labute approximate surface area is 150 Å². The van der Waals surface area contributed by atoms with Crippen LogP contribution in [-0.4, -0.2) is 20.2 Å². The van der Waals surface area contributed by atoms with Crippen molar-refractivity contribution in [2.75, 3.05) is 0 Å². The molecule has 0 aliphatic heterocycles. The maximum Gasteiger partial charge on any atom is 0.129 e. The van der Waals surface area contributed by atoms with Crippen molar-refractivity contribution >= 4 is 11.6 Å². The minimum Gasteiger partial charge on any atom is -0.277 e. The van der Waals surface area contributed by atoms with Crippen molar-refractivity contribution in [3.05, 3.63) is 77.7 Å². The Hall–Kier alpha value is -2.98. The van der Waals surface area contributed by atoms with E-state index >= 15 is 0 Å². The fourth-order valence-electron chi connectivity index (χ4n) is 2.66. The number of hydrogen-bond donors (Lipinski definition) is 1. The molecule has 0 radical (unpaired) electrons. The molecule has 5 heteroatoms. The molecule has 0 bridgehead atoms. The topological polar surface area (TPSA) is 54.5 Å². The third-order valence-corrected chi connectivity index (χ3v) is 4.23. The molecular formula is C20H15ClN4. The van der Waals surface area contributed by atoms with Crippen LogP contribution in [0.4, 0.5) is 0 Å². The van der Waals surface area contributed by atoms with Gasteiger partial charge in [-0.3, -0.25) is 10.1 Å². The van der Waals surface area contributed by atoms with E-state index in [0.29, 0.717) is 5.15 Å². The quantitative estimate of drug-likeness (QED) is 0.521. The first-order valence-corrected chi connectivity index (χ1v) is 8.28. The smallest absolute Gasteiger partial charge is 0.129 e. The lowest BCUT2D eigenvalue weighted by Gasteiger charge is -2.04. The van der Waals surface area contributed by atoms with Crippen LogP contribution >= 0.6 is 11.6 Å². The van der Waals surface area contributed by atoms with Gasteiger partial charge in [-0.25, -0.2) is 4.98 Å². The highest BCUT2D eigenvalue weighted by atomic mass is 35.5. The van der Waals surface area contributed by atoms with Crippen LogP contribution in [0, 0.1) is 6.92 Å². The van der Waals surface area contributed by atoms with Crippen molar-refractivity contribution in [1.82, 2.24) is 20.2 Å². The summed E-state index contributed by atoms with van der Waals surface area (Å²) in [4.78, 5) is 8.48. The lowest BCUT2D eigenvalue weighted by molar-refractivity contribution is 1.10. The molecule has 4 nitrogen and oxygen atoms in total. The van der Waals surface area contributed by atoms with Gasteiger partial charge in [0, 0.05) is 29.1 Å². The molecule has 1 aromatic carbocycles. The Morgan fingerprint density at radius 2 is 1.52 bits per heavy atom. The molecule has 0 fully saturated rings. The zero-order chi connectivity index (χ0) is 17.2. The van der Waals surface area contributed by atoms with E-state index in [9.17, 15) is 0 Å². The Balaban J connectivity index is 1.69. The summed E-state index contributed by atoms with van der Waals surface area (Å²) < 4.78 is 0. The van der Waals surface area contributed by atoms with E-state index in [-0.39, 0.29) is 0 Å². The van der Waals surface area contributed by atoms with Crippen molar-refractivity contribution in [3.63, 3.8) is 0 Å². The molecule has 0 unspecified atom stereocenters. The van der Waals surface area contributed by atoms with E-state index in [1.54, 1.807) is 12.3 Å². The average Bonchev–Trinajstić information content (AvgIpc) is 3.13. The second-order valence-corrected chi connectivity index (χ2v) is 6.22. The number of hydrogen-bond acceptors (Lipinski definition) is 3. The largest absolute Gasteiger partial charge is 0.277 e. The Kier molecular flexibility index (Phi) is 4.04. The third kappa shape index (κ3) is 3.30. The van der Waals surface area contributed by atoms with Crippen molar-refractivity contribution in [3.8, 4) is 33.8 Å². The molecule has 0 aliphatic carbocycles. The Morgan fingerprint density at radius 1 is 0.760 bits per heavy atom. The van der Waals surface area contributed by atoms with Crippen molar-refractivity contribution < 1.29 is 0 Å². The Morgan fingerprint density at radius 3 is 2.32 bits per heavy atom. The first-order chi connectivity index (χ1) is 12.2. The number of halogens is 1. The van der Waals surface area contributed by atoms with Crippen LogP contribution in [0.15, 0.2) is 67.0 Å². The summed E-state index contributed by atoms with van der Waals surface area (Å²) in [5.41, 5.74) is 6.97. The number of rotatable bonds is 3. The van der Waals surface area contributed by atoms with Gasteiger partial charge in [0.2, 0.25) is 0 Å². The first kappa shape index (κ1) is 15.5. The molecular weight excluding hydrogens is 332 g/mol. The van der Waals surface area contributed by atoms with Gasteiger partial charge in [0.15, 0.2) is 0 Å². The molecule has 0 saturated carbocycles. The highest BCUT2D eigenvalue weighted by molar-refractivity contribution is 6.29.